The number of hydrogen-bond donors (Lipinski definition) is 0. The molecule has 1 aliphatic rings. The van der Waals surface area contributed by atoms with Gasteiger partial charge in [0.15, 0.2) is 0 Å². The second-order valence-corrected chi connectivity index (χ2v) is 5.06. The molecule has 2 heteroatoms. The molecule has 0 radical (unpaired) electrons. The Morgan fingerprint density at radius 2 is 1.60 bits per heavy atom. The van der Waals surface area contributed by atoms with E-state index < -0.39 is 4.33 Å². The Kier molecular flexibility index (Phi) is 2.88. The monoisotopic (exact) mass is 180 g/mol. The van der Waals surface area contributed by atoms with E-state index >= 15 is 0 Å². The zero-order chi connectivity index (χ0) is 7.61. The van der Waals surface area contributed by atoms with Crippen molar-refractivity contribution in [1.82, 2.24) is 0 Å². The molecule has 60 valence electrons. The van der Waals surface area contributed by atoms with Gasteiger partial charge in [0.1, 0.15) is 4.33 Å². The van der Waals surface area contributed by atoms with Crippen molar-refractivity contribution in [2.75, 3.05) is 0 Å². The summed E-state index contributed by atoms with van der Waals surface area (Å²) in [6, 6.07) is 0. The van der Waals surface area contributed by atoms with Crippen LogP contribution in [0.5, 0.6) is 0 Å². The van der Waals surface area contributed by atoms with E-state index in [1.165, 1.54) is 32.1 Å². The van der Waals surface area contributed by atoms with Crippen LogP contribution in [-0.2, 0) is 0 Å². The lowest BCUT2D eigenvalue weighted by Crippen LogP contribution is -2.23. The average Bonchev–Trinajstić information content (AvgIpc) is 1.88. The van der Waals surface area contributed by atoms with Crippen molar-refractivity contribution in [3.63, 3.8) is 0 Å². The fourth-order valence-corrected chi connectivity index (χ4v) is 2.05. The van der Waals surface area contributed by atoms with Crippen LogP contribution in [0, 0.1) is 5.92 Å². The zero-order valence-electron chi connectivity index (χ0n) is 6.37. The molecule has 0 heterocycles. The van der Waals surface area contributed by atoms with Crippen molar-refractivity contribution in [2.45, 2.75) is 43.4 Å². The molecule has 1 fully saturated rings. The molecular formula is C8H14Cl2. The summed E-state index contributed by atoms with van der Waals surface area (Å²) < 4.78 is -0.486. The molecule has 0 aromatic carbocycles. The summed E-state index contributed by atoms with van der Waals surface area (Å²) in [5.74, 6) is 0.532. The van der Waals surface area contributed by atoms with Crippen molar-refractivity contribution >= 4 is 23.2 Å². The molecule has 0 nitrogen and oxygen atoms in total. The molecule has 0 atom stereocenters. The Labute approximate surface area is 72.9 Å². The first-order chi connectivity index (χ1) is 4.61. The average molecular weight is 181 g/mol. The maximum Gasteiger partial charge on any atom is 0.118 e. The van der Waals surface area contributed by atoms with Gasteiger partial charge in [-0.15, -0.1) is 23.2 Å². The van der Waals surface area contributed by atoms with Gasteiger partial charge < -0.3 is 0 Å². The molecule has 0 aromatic heterocycles. The van der Waals surface area contributed by atoms with Crippen molar-refractivity contribution in [1.29, 1.82) is 0 Å². The number of hydrogen-bond acceptors (Lipinski definition) is 0. The molecule has 0 saturated heterocycles. The third kappa shape index (κ3) is 2.32. The van der Waals surface area contributed by atoms with Crippen LogP contribution >= 0.6 is 23.2 Å². The van der Waals surface area contributed by atoms with Crippen molar-refractivity contribution in [3.05, 3.63) is 0 Å². The summed E-state index contributed by atoms with van der Waals surface area (Å²) in [5, 5.41) is 0. The molecule has 0 aliphatic heterocycles. The standard InChI is InChI=1S/C8H14Cl2/c1-8(9,10)7-5-3-2-4-6-7/h7H,2-6H2,1H3. The van der Waals surface area contributed by atoms with E-state index in [2.05, 4.69) is 0 Å². The summed E-state index contributed by atoms with van der Waals surface area (Å²) in [5.41, 5.74) is 0. The van der Waals surface area contributed by atoms with Gasteiger partial charge in [0.25, 0.3) is 0 Å². The molecule has 0 spiro atoms. The molecule has 1 rings (SSSR count). The van der Waals surface area contributed by atoms with Crippen LogP contribution in [0.2, 0.25) is 0 Å². The van der Waals surface area contributed by atoms with Gasteiger partial charge >= 0.3 is 0 Å². The van der Waals surface area contributed by atoms with E-state index in [-0.39, 0.29) is 0 Å². The van der Waals surface area contributed by atoms with Crippen LogP contribution in [-0.4, -0.2) is 4.33 Å². The number of alkyl halides is 2. The summed E-state index contributed by atoms with van der Waals surface area (Å²) >= 11 is 12.0. The predicted octanol–water partition coefficient (Wildman–Crippen LogP) is 3.76. The van der Waals surface area contributed by atoms with E-state index in [4.69, 9.17) is 23.2 Å². The Morgan fingerprint density at radius 1 is 1.10 bits per heavy atom. The van der Waals surface area contributed by atoms with Gasteiger partial charge in [-0.25, -0.2) is 0 Å². The zero-order valence-corrected chi connectivity index (χ0v) is 7.88. The van der Waals surface area contributed by atoms with Gasteiger partial charge in [-0.05, 0) is 25.7 Å². The molecule has 0 N–H and O–H groups in total. The summed E-state index contributed by atoms with van der Waals surface area (Å²) in [6.07, 6.45) is 6.40. The molecule has 0 unspecified atom stereocenters. The summed E-state index contributed by atoms with van der Waals surface area (Å²) in [7, 11) is 0. The molecule has 0 bridgehead atoms. The topological polar surface area (TPSA) is 0 Å². The van der Waals surface area contributed by atoms with Crippen molar-refractivity contribution in [3.8, 4) is 0 Å². The van der Waals surface area contributed by atoms with Crippen LogP contribution in [0.3, 0.4) is 0 Å². The highest BCUT2D eigenvalue weighted by atomic mass is 35.5. The van der Waals surface area contributed by atoms with Crippen molar-refractivity contribution < 1.29 is 0 Å². The second kappa shape index (κ2) is 3.32. The maximum absolute atomic E-state index is 5.98. The molecule has 10 heavy (non-hydrogen) atoms. The quantitative estimate of drug-likeness (QED) is 0.540. The normalized spacial score (nSPS) is 23.1. The van der Waals surface area contributed by atoms with E-state index in [9.17, 15) is 0 Å². The van der Waals surface area contributed by atoms with E-state index in [1.807, 2.05) is 6.92 Å². The number of rotatable bonds is 1. The maximum atomic E-state index is 5.98. The van der Waals surface area contributed by atoms with E-state index in [1.54, 1.807) is 0 Å². The third-order valence-electron chi connectivity index (χ3n) is 2.32. The molecule has 0 aromatic rings. The first-order valence-corrected chi connectivity index (χ1v) is 4.74. The van der Waals surface area contributed by atoms with Gasteiger partial charge in [0, 0.05) is 0 Å². The minimum Gasteiger partial charge on any atom is -0.102 e. The highest BCUT2D eigenvalue weighted by Gasteiger charge is 2.30. The Morgan fingerprint density at radius 3 is 1.90 bits per heavy atom. The number of halogens is 2. The van der Waals surface area contributed by atoms with Gasteiger partial charge in [-0.2, -0.15) is 0 Å². The smallest absolute Gasteiger partial charge is 0.102 e. The lowest BCUT2D eigenvalue weighted by Gasteiger charge is -2.29. The van der Waals surface area contributed by atoms with Gasteiger partial charge in [-0.1, -0.05) is 19.3 Å². The first-order valence-electron chi connectivity index (χ1n) is 3.98. The second-order valence-electron chi connectivity index (χ2n) is 3.29. The van der Waals surface area contributed by atoms with Gasteiger partial charge in [-0.3, -0.25) is 0 Å². The minimum absolute atomic E-state index is 0.486. The molecular weight excluding hydrogens is 167 g/mol. The van der Waals surface area contributed by atoms with Crippen LogP contribution < -0.4 is 0 Å². The third-order valence-corrected chi connectivity index (χ3v) is 2.94. The lowest BCUT2D eigenvalue weighted by molar-refractivity contribution is 0.335. The van der Waals surface area contributed by atoms with Crippen molar-refractivity contribution in [2.24, 2.45) is 5.92 Å². The Bertz CT molecular complexity index is 98.3. The fraction of sp³-hybridized carbons (Fsp3) is 1.00. The van der Waals surface area contributed by atoms with Crippen LogP contribution in [0.15, 0.2) is 0 Å². The Balaban J connectivity index is 2.39. The van der Waals surface area contributed by atoms with E-state index in [0.29, 0.717) is 5.92 Å². The SMILES string of the molecule is CC(Cl)(Cl)C1CCCCC1. The first kappa shape index (κ1) is 8.67. The highest BCUT2D eigenvalue weighted by molar-refractivity contribution is 6.48. The van der Waals surface area contributed by atoms with Gasteiger partial charge in [0.2, 0.25) is 0 Å². The summed E-state index contributed by atoms with van der Waals surface area (Å²) in [6.45, 7) is 1.91. The molecule has 0 amide bonds. The largest absolute Gasteiger partial charge is 0.118 e. The van der Waals surface area contributed by atoms with E-state index in [0.717, 1.165) is 0 Å². The molecule has 1 saturated carbocycles. The van der Waals surface area contributed by atoms with Crippen LogP contribution in [0.4, 0.5) is 0 Å². The highest BCUT2D eigenvalue weighted by Crippen LogP contribution is 2.39. The van der Waals surface area contributed by atoms with Gasteiger partial charge in [0.05, 0.1) is 0 Å². The molecule has 1 aliphatic carbocycles. The lowest BCUT2D eigenvalue weighted by atomic mass is 9.87. The van der Waals surface area contributed by atoms with Crippen LogP contribution in [0.25, 0.3) is 0 Å². The minimum atomic E-state index is -0.486. The van der Waals surface area contributed by atoms with Crippen LogP contribution in [0.1, 0.15) is 39.0 Å². The summed E-state index contributed by atoms with van der Waals surface area (Å²) in [4.78, 5) is 0. The predicted molar refractivity (Wildman–Crippen MR) is 46.7 cm³/mol. The Hall–Kier alpha value is 0.580. The fourth-order valence-electron chi connectivity index (χ4n) is 1.61.